The quantitative estimate of drug-likeness (QED) is 0.904. The van der Waals surface area contributed by atoms with Gasteiger partial charge in [-0.3, -0.25) is 4.79 Å². The van der Waals surface area contributed by atoms with Crippen LogP contribution in [0.2, 0.25) is 0 Å². The van der Waals surface area contributed by atoms with Crippen molar-refractivity contribution in [2.45, 2.75) is 32.3 Å². The van der Waals surface area contributed by atoms with Crippen molar-refractivity contribution in [3.63, 3.8) is 0 Å². The largest absolute Gasteiger partial charge is 0.391 e. The zero-order valence-electron chi connectivity index (χ0n) is 11.2. The molecule has 1 aromatic carbocycles. The normalized spacial score (nSPS) is 20.6. The van der Waals surface area contributed by atoms with Crippen molar-refractivity contribution >= 4 is 5.91 Å². The smallest absolute Gasteiger partial charge is 0.225 e. The fourth-order valence-electron chi connectivity index (χ4n) is 2.45. The zero-order valence-corrected chi connectivity index (χ0v) is 11.2. The molecule has 0 aliphatic carbocycles. The van der Waals surface area contributed by atoms with Gasteiger partial charge in [0.25, 0.3) is 0 Å². The standard InChI is InChI=1S/C15H20FNO2/c1-11(15(19)17-8-7-14(18)10-17)5-6-12-3-2-4-13(16)9-12/h2-4,9,11,14,18H,5-8,10H2,1H3/t11?,14-/m1/s1. The summed E-state index contributed by atoms with van der Waals surface area (Å²) < 4.78 is 13.0. The van der Waals surface area contributed by atoms with E-state index in [0.29, 0.717) is 32.4 Å². The number of aliphatic hydroxyl groups excluding tert-OH is 1. The first-order chi connectivity index (χ1) is 9.06. The van der Waals surface area contributed by atoms with Crippen LogP contribution in [0.4, 0.5) is 4.39 Å². The van der Waals surface area contributed by atoms with Gasteiger partial charge < -0.3 is 10.0 Å². The number of rotatable bonds is 4. The van der Waals surface area contributed by atoms with Gasteiger partial charge in [-0.15, -0.1) is 0 Å². The summed E-state index contributed by atoms with van der Waals surface area (Å²) in [5.74, 6) is -0.235. The zero-order chi connectivity index (χ0) is 13.8. The van der Waals surface area contributed by atoms with Crippen molar-refractivity contribution in [3.05, 3.63) is 35.6 Å². The number of likely N-dealkylation sites (tertiary alicyclic amines) is 1. The third-order valence-corrected chi connectivity index (χ3v) is 3.65. The summed E-state index contributed by atoms with van der Waals surface area (Å²) in [6.07, 6.45) is 1.69. The lowest BCUT2D eigenvalue weighted by molar-refractivity contribution is -0.134. The summed E-state index contributed by atoms with van der Waals surface area (Å²) in [5, 5.41) is 9.43. The first-order valence-corrected chi connectivity index (χ1v) is 6.77. The van der Waals surface area contributed by atoms with E-state index >= 15 is 0 Å². The van der Waals surface area contributed by atoms with Crippen molar-refractivity contribution in [2.24, 2.45) is 5.92 Å². The molecule has 0 spiro atoms. The third-order valence-electron chi connectivity index (χ3n) is 3.65. The number of aliphatic hydroxyl groups is 1. The Hall–Kier alpha value is -1.42. The molecule has 1 saturated heterocycles. The molecule has 3 nitrogen and oxygen atoms in total. The summed E-state index contributed by atoms with van der Waals surface area (Å²) in [5.41, 5.74) is 0.918. The first kappa shape index (κ1) is 14.0. The molecular formula is C15H20FNO2. The van der Waals surface area contributed by atoms with Crippen LogP contribution in [0.3, 0.4) is 0 Å². The second kappa shape index (κ2) is 6.15. The molecule has 1 fully saturated rings. The van der Waals surface area contributed by atoms with E-state index in [9.17, 15) is 14.3 Å². The molecule has 1 N–H and O–H groups in total. The highest BCUT2D eigenvalue weighted by molar-refractivity contribution is 5.78. The second-order valence-corrected chi connectivity index (χ2v) is 5.30. The molecule has 1 aromatic rings. The van der Waals surface area contributed by atoms with Gasteiger partial charge in [-0.25, -0.2) is 4.39 Å². The number of hydrogen-bond acceptors (Lipinski definition) is 2. The Balaban J connectivity index is 1.84. The van der Waals surface area contributed by atoms with Crippen molar-refractivity contribution in [1.82, 2.24) is 4.90 Å². The Morgan fingerprint density at radius 1 is 1.58 bits per heavy atom. The van der Waals surface area contributed by atoms with Gasteiger partial charge in [-0.1, -0.05) is 19.1 Å². The Morgan fingerprint density at radius 3 is 3.00 bits per heavy atom. The molecule has 1 unspecified atom stereocenters. The van der Waals surface area contributed by atoms with Gasteiger partial charge in [0.05, 0.1) is 6.10 Å². The fourth-order valence-corrected chi connectivity index (χ4v) is 2.45. The number of nitrogens with zero attached hydrogens (tertiary/aromatic N) is 1. The van der Waals surface area contributed by atoms with Gasteiger partial charge in [-0.05, 0) is 37.0 Å². The first-order valence-electron chi connectivity index (χ1n) is 6.77. The van der Waals surface area contributed by atoms with Crippen LogP contribution in [-0.4, -0.2) is 35.1 Å². The molecule has 2 rings (SSSR count). The highest BCUT2D eigenvalue weighted by Crippen LogP contribution is 2.17. The summed E-state index contributed by atoms with van der Waals surface area (Å²) in [6, 6.07) is 6.49. The van der Waals surface area contributed by atoms with Gasteiger partial charge in [0.15, 0.2) is 0 Å². The van der Waals surface area contributed by atoms with Crippen molar-refractivity contribution in [3.8, 4) is 0 Å². The SMILES string of the molecule is CC(CCc1cccc(F)c1)C(=O)N1CC[C@@H](O)C1. The average molecular weight is 265 g/mol. The number of halogens is 1. The molecule has 1 aliphatic rings. The maximum Gasteiger partial charge on any atom is 0.225 e. The van der Waals surface area contributed by atoms with E-state index in [1.807, 2.05) is 13.0 Å². The predicted octanol–water partition coefficient (Wildman–Crippen LogP) is 1.99. The minimum Gasteiger partial charge on any atom is -0.391 e. The molecule has 0 bridgehead atoms. The van der Waals surface area contributed by atoms with Crippen LogP contribution >= 0.6 is 0 Å². The van der Waals surface area contributed by atoms with Gasteiger partial charge in [0, 0.05) is 19.0 Å². The van der Waals surface area contributed by atoms with E-state index in [1.165, 1.54) is 12.1 Å². The predicted molar refractivity (Wildman–Crippen MR) is 71.1 cm³/mol. The van der Waals surface area contributed by atoms with Crippen LogP contribution in [0, 0.1) is 11.7 Å². The maximum atomic E-state index is 13.0. The second-order valence-electron chi connectivity index (χ2n) is 5.30. The Bertz CT molecular complexity index is 450. The Labute approximate surface area is 113 Å². The van der Waals surface area contributed by atoms with E-state index in [-0.39, 0.29) is 23.7 Å². The number of amides is 1. The van der Waals surface area contributed by atoms with Crippen LogP contribution in [0.5, 0.6) is 0 Å². The van der Waals surface area contributed by atoms with E-state index < -0.39 is 0 Å². The number of β-amino-alcohol motifs (C(OH)–C–C–N with tert-alkyl or cyclic N) is 1. The number of aryl methyl sites for hydroxylation is 1. The van der Waals surface area contributed by atoms with E-state index in [1.54, 1.807) is 11.0 Å². The van der Waals surface area contributed by atoms with Crippen LogP contribution < -0.4 is 0 Å². The fraction of sp³-hybridized carbons (Fsp3) is 0.533. The lowest BCUT2D eigenvalue weighted by Crippen LogP contribution is -2.34. The molecule has 0 radical (unpaired) electrons. The summed E-state index contributed by atoms with van der Waals surface area (Å²) in [4.78, 5) is 13.8. The molecular weight excluding hydrogens is 245 g/mol. The van der Waals surface area contributed by atoms with E-state index in [2.05, 4.69) is 0 Å². The molecule has 1 amide bonds. The summed E-state index contributed by atoms with van der Waals surface area (Å²) in [7, 11) is 0. The molecule has 19 heavy (non-hydrogen) atoms. The van der Waals surface area contributed by atoms with Crippen LogP contribution in [0.15, 0.2) is 24.3 Å². The maximum absolute atomic E-state index is 13.0. The minimum atomic E-state index is -0.376. The topological polar surface area (TPSA) is 40.5 Å². The van der Waals surface area contributed by atoms with E-state index in [0.717, 1.165) is 5.56 Å². The molecule has 1 aliphatic heterocycles. The number of hydrogen-bond donors (Lipinski definition) is 1. The lowest BCUT2D eigenvalue weighted by atomic mass is 10.00. The van der Waals surface area contributed by atoms with E-state index in [4.69, 9.17) is 0 Å². The van der Waals surface area contributed by atoms with Crippen molar-refractivity contribution in [2.75, 3.05) is 13.1 Å². The Kier molecular flexibility index (Phi) is 4.53. The third kappa shape index (κ3) is 3.77. The number of carbonyl (C=O) groups is 1. The van der Waals surface area contributed by atoms with Crippen molar-refractivity contribution < 1.29 is 14.3 Å². The average Bonchev–Trinajstić information content (AvgIpc) is 2.82. The monoisotopic (exact) mass is 265 g/mol. The van der Waals surface area contributed by atoms with Gasteiger partial charge >= 0.3 is 0 Å². The molecule has 2 atom stereocenters. The van der Waals surface area contributed by atoms with Crippen LogP contribution in [0.1, 0.15) is 25.3 Å². The van der Waals surface area contributed by atoms with Gasteiger partial charge in [0.1, 0.15) is 5.82 Å². The van der Waals surface area contributed by atoms with Gasteiger partial charge in [-0.2, -0.15) is 0 Å². The molecule has 0 saturated carbocycles. The molecule has 1 heterocycles. The lowest BCUT2D eigenvalue weighted by Gasteiger charge is -2.20. The van der Waals surface area contributed by atoms with Crippen molar-refractivity contribution in [1.29, 1.82) is 0 Å². The molecule has 0 aromatic heterocycles. The Morgan fingerprint density at radius 2 is 2.37 bits per heavy atom. The van der Waals surface area contributed by atoms with Gasteiger partial charge in [0.2, 0.25) is 5.91 Å². The van der Waals surface area contributed by atoms with Crippen LogP contribution in [0.25, 0.3) is 0 Å². The number of benzene rings is 1. The number of carbonyl (C=O) groups excluding carboxylic acids is 1. The molecule has 4 heteroatoms. The highest BCUT2D eigenvalue weighted by Gasteiger charge is 2.27. The summed E-state index contributed by atoms with van der Waals surface area (Å²) in [6.45, 7) is 2.99. The summed E-state index contributed by atoms with van der Waals surface area (Å²) >= 11 is 0. The molecule has 104 valence electrons. The minimum absolute atomic E-state index is 0.0893. The van der Waals surface area contributed by atoms with Crippen LogP contribution in [-0.2, 0) is 11.2 Å². The highest BCUT2D eigenvalue weighted by atomic mass is 19.1.